The summed E-state index contributed by atoms with van der Waals surface area (Å²) in [6, 6.07) is 7.47. The molecular formula is C23H34ClN3O4S. The maximum atomic E-state index is 13.3. The van der Waals surface area contributed by atoms with Gasteiger partial charge in [-0.3, -0.25) is 14.6 Å². The summed E-state index contributed by atoms with van der Waals surface area (Å²) in [5, 5.41) is 0.698. The fraction of sp³-hybridized carbons (Fsp3) is 0.696. The molecule has 0 N–H and O–H groups in total. The highest BCUT2D eigenvalue weighted by molar-refractivity contribution is 7.91. The summed E-state index contributed by atoms with van der Waals surface area (Å²) in [7, 11) is -3.01. The zero-order chi connectivity index (χ0) is 22.6. The number of nitrogens with zero attached hydrogens (tertiary/aromatic N) is 3. The number of hydrogen-bond acceptors (Lipinski definition) is 6. The van der Waals surface area contributed by atoms with E-state index in [1.165, 1.54) is 0 Å². The molecule has 1 aliphatic carbocycles. The van der Waals surface area contributed by atoms with Gasteiger partial charge in [-0.2, -0.15) is 0 Å². The van der Waals surface area contributed by atoms with Gasteiger partial charge in [-0.15, -0.1) is 0 Å². The van der Waals surface area contributed by atoms with E-state index in [0.29, 0.717) is 24.6 Å². The summed E-state index contributed by atoms with van der Waals surface area (Å²) < 4.78 is 29.9. The van der Waals surface area contributed by atoms with Crippen LogP contribution < -0.4 is 4.74 Å². The third kappa shape index (κ3) is 6.37. The summed E-state index contributed by atoms with van der Waals surface area (Å²) >= 11 is 5.90. The third-order valence-corrected chi connectivity index (χ3v) is 8.92. The first-order valence-corrected chi connectivity index (χ1v) is 13.9. The van der Waals surface area contributed by atoms with Crippen molar-refractivity contribution >= 4 is 27.3 Å². The summed E-state index contributed by atoms with van der Waals surface area (Å²) in [6.45, 7) is 5.34. The van der Waals surface area contributed by atoms with Crippen LogP contribution in [-0.4, -0.2) is 98.5 Å². The molecule has 7 nitrogen and oxygen atoms in total. The van der Waals surface area contributed by atoms with Crippen LogP contribution in [0.2, 0.25) is 5.02 Å². The predicted octanol–water partition coefficient (Wildman–Crippen LogP) is 2.29. The highest BCUT2D eigenvalue weighted by atomic mass is 35.5. The Bertz CT molecular complexity index is 866. The topological polar surface area (TPSA) is 70.2 Å². The minimum Gasteiger partial charge on any atom is -0.492 e. The van der Waals surface area contributed by atoms with E-state index in [4.69, 9.17) is 16.3 Å². The average Bonchev–Trinajstić information content (AvgIpc) is 3.41. The van der Waals surface area contributed by atoms with Crippen LogP contribution in [0.15, 0.2) is 24.3 Å². The standard InChI is InChI=1S/C23H34ClN3O4S/c24-19-5-7-22(8-6-19)31-15-14-25-10-12-26(13-11-25)17-23(28)27(20-3-1-2-4-20)21-9-16-32(29,30)18-21/h5-8,20-21H,1-4,9-18H2. The van der Waals surface area contributed by atoms with Crippen molar-refractivity contribution in [2.75, 3.05) is 57.4 Å². The number of rotatable bonds is 8. The summed E-state index contributed by atoms with van der Waals surface area (Å²) in [5.41, 5.74) is 0. The molecule has 1 aromatic rings. The van der Waals surface area contributed by atoms with E-state index in [0.717, 1.165) is 64.2 Å². The van der Waals surface area contributed by atoms with Crippen molar-refractivity contribution in [2.24, 2.45) is 0 Å². The van der Waals surface area contributed by atoms with E-state index < -0.39 is 9.84 Å². The fourth-order valence-electron chi connectivity index (χ4n) is 5.15. The average molecular weight is 484 g/mol. The van der Waals surface area contributed by atoms with Crippen molar-refractivity contribution in [1.29, 1.82) is 0 Å². The Balaban J connectivity index is 1.23. The van der Waals surface area contributed by atoms with Crippen LogP contribution >= 0.6 is 11.6 Å². The van der Waals surface area contributed by atoms with Gasteiger partial charge in [0.15, 0.2) is 9.84 Å². The number of amides is 1. The molecule has 1 saturated carbocycles. The van der Waals surface area contributed by atoms with Crippen LogP contribution in [0.3, 0.4) is 0 Å². The van der Waals surface area contributed by atoms with Crippen LogP contribution in [0, 0.1) is 0 Å². The Kier molecular flexibility index (Phi) is 7.97. The van der Waals surface area contributed by atoms with E-state index in [2.05, 4.69) is 9.80 Å². The Hall–Kier alpha value is -1.35. The Labute approximate surface area is 196 Å². The maximum Gasteiger partial charge on any atom is 0.237 e. The van der Waals surface area contributed by atoms with E-state index >= 15 is 0 Å². The van der Waals surface area contributed by atoms with E-state index in [1.807, 2.05) is 29.2 Å². The van der Waals surface area contributed by atoms with Gasteiger partial charge < -0.3 is 9.64 Å². The van der Waals surface area contributed by atoms with Crippen molar-refractivity contribution in [3.05, 3.63) is 29.3 Å². The number of benzene rings is 1. The first-order chi connectivity index (χ1) is 15.4. The molecule has 178 valence electrons. The van der Waals surface area contributed by atoms with E-state index in [9.17, 15) is 13.2 Å². The zero-order valence-electron chi connectivity index (χ0n) is 18.6. The Morgan fingerprint density at radius 2 is 1.66 bits per heavy atom. The molecule has 1 amide bonds. The first-order valence-electron chi connectivity index (χ1n) is 11.7. The SMILES string of the molecule is O=C(CN1CCN(CCOc2ccc(Cl)cc2)CC1)N(C1CCCC1)C1CCS(=O)(=O)C1. The van der Waals surface area contributed by atoms with Crippen LogP contribution in [0.25, 0.3) is 0 Å². The lowest BCUT2D eigenvalue weighted by atomic mass is 10.1. The van der Waals surface area contributed by atoms with Crippen LogP contribution in [0.5, 0.6) is 5.75 Å². The summed E-state index contributed by atoms with van der Waals surface area (Å²) in [4.78, 5) is 19.8. The van der Waals surface area contributed by atoms with Crippen molar-refractivity contribution < 1.29 is 17.9 Å². The van der Waals surface area contributed by atoms with E-state index in [-0.39, 0.29) is 29.5 Å². The number of ether oxygens (including phenoxy) is 1. The number of halogens is 1. The molecule has 4 rings (SSSR count). The van der Waals surface area contributed by atoms with Gasteiger partial charge in [0.2, 0.25) is 5.91 Å². The molecule has 0 bridgehead atoms. The number of piperazine rings is 1. The second kappa shape index (κ2) is 10.7. The summed E-state index contributed by atoms with van der Waals surface area (Å²) in [5.74, 6) is 1.28. The molecule has 2 saturated heterocycles. The second-order valence-corrected chi connectivity index (χ2v) is 11.9. The third-order valence-electron chi connectivity index (χ3n) is 6.92. The molecule has 9 heteroatoms. The quantitative estimate of drug-likeness (QED) is 0.565. The van der Waals surface area contributed by atoms with Crippen molar-refractivity contribution in [2.45, 2.75) is 44.2 Å². The lowest BCUT2D eigenvalue weighted by Gasteiger charge is -2.38. The predicted molar refractivity (Wildman–Crippen MR) is 126 cm³/mol. The smallest absolute Gasteiger partial charge is 0.237 e. The molecule has 2 aliphatic heterocycles. The van der Waals surface area contributed by atoms with Gasteiger partial charge in [0.05, 0.1) is 18.1 Å². The fourth-order valence-corrected chi connectivity index (χ4v) is 6.99. The molecule has 1 unspecified atom stereocenters. The van der Waals surface area contributed by atoms with Crippen molar-refractivity contribution in [3.63, 3.8) is 0 Å². The van der Waals surface area contributed by atoms with Gasteiger partial charge in [0.25, 0.3) is 0 Å². The molecular weight excluding hydrogens is 450 g/mol. The number of sulfone groups is 1. The van der Waals surface area contributed by atoms with E-state index in [1.54, 1.807) is 0 Å². The van der Waals surface area contributed by atoms with Crippen LogP contribution in [0.4, 0.5) is 0 Å². The molecule has 0 aromatic heterocycles. The molecule has 3 fully saturated rings. The highest BCUT2D eigenvalue weighted by Crippen LogP contribution is 2.29. The molecule has 1 atom stereocenters. The lowest BCUT2D eigenvalue weighted by Crippen LogP contribution is -2.54. The minimum absolute atomic E-state index is 0.110. The van der Waals surface area contributed by atoms with Gasteiger partial charge in [-0.05, 0) is 43.5 Å². The molecule has 3 aliphatic rings. The first kappa shape index (κ1) is 23.8. The molecule has 0 radical (unpaired) electrons. The van der Waals surface area contributed by atoms with Gasteiger partial charge in [0, 0.05) is 49.8 Å². The lowest BCUT2D eigenvalue weighted by molar-refractivity contribution is -0.137. The van der Waals surface area contributed by atoms with Crippen LogP contribution in [-0.2, 0) is 14.6 Å². The minimum atomic E-state index is -3.01. The monoisotopic (exact) mass is 483 g/mol. The highest BCUT2D eigenvalue weighted by Gasteiger charge is 2.39. The molecule has 1 aromatic carbocycles. The summed E-state index contributed by atoms with van der Waals surface area (Å²) in [6.07, 6.45) is 4.86. The van der Waals surface area contributed by atoms with Crippen molar-refractivity contribution in [3.8, 4) is 5.75 Å². The largest absolute Gasteiger partial charge is 0.492 e. The number of carbonyl (C=O) groups is 1. The molecule has 2 heterocycles. The zero-order valence-corrected chi connectivity index (χ0v) is 20.2. The second-order valence-electron chi connectivity index (χ2n) is 9.22. The number of hydrogen-bond donors (Lipinski definition) is 0. The normalized spacial score (nSPS) is 24.6. The van der Waals surface area contributed by atoms with Gasteiger partial charge >= 0.3 is 0 Å². The van der Waals surface area contributed by atoms with Gasteiger partial charge in [-0.1, -0.05) is 24.4 Å². The van der Waals surface area contributed by atoms with Crippen LogP contribution in [0.1, 0.15) is 32.1 Å². The van der Waals surface area contributed by atoms with Crippen molar-refractivity contribution in [1.82, 2.24) is 14.7 Å². The van der Waals surface area contributed by atoms with Gasteiger partial charge in [0.1, 0.15) is 12.4 Å². The van der Waals surface area contributed by atoms with Gasteiger partial charge in [-0.25, -0.2) is 8.42 Å². The Morgan fingerprint density at radius 3 is 2.28 bits per heavy atom. The Morgan fingerprint density at radius 1 is 1.00 bits per heavy atom. The maximum absolute atomic E-state index is 13.3. The molecule has 0 spiro atoms. The number of carbonyl (C=O) groups excluding carboxylic acids is 1. The molecule has 32 heavy (non-hydrogen) atoms.